The van der Waals surface area contributed by atoms with E-state index in [1.165, 1.54) is 114 Å². The predicted molar refractivity (Wildman–Crippen MR) is 113 cm³/mol. The van der Waals surface area contributed by atoms with Gasteiger partial charge >= 0.3 is 0 Å². The number of unbranched alkanes of at least 4 members (excludes halogenated alkanes) is 14. The van der Waals surface area contributed by atoms with E-state index in [1.54, 1.807) is 0 Å². The Balaban J connectivity index is 1.74. The summed E-state index contributed by atoms with van der Waals surface area (Å²) in [6, 6.07) is 9.04. The molecule has 0 saturated heterocycles. The van der Waals surface area contributed by atoms with E-state index in [2.05, 4.69) is 31.2 Å². The Morgan fingerprint density at radius 1 is 0.520 bits per heavy atom. The molecule has 0 aliphatic rings. The van der Waals surface area contributed by atoms with E-state index in [0.29, 0.717) is 0 Å². The SMILES string of the molecule is Cc1ccc(CCCCCCCCCCCCCCCCCN)cc1. The van der Waals surface area contributed by atoms with Gasteiger partial charge in [-0.1, -0.05) is 113 Å². The van der Waals surface area contributed by atoms with Crippen LogP contribution in [0, 0.1) is 6.92 Å². The van der Waals surface area contributed by atoms with Crippen LogP contribution in [0.1, 0.15) is 107 Å². The lowest BCUT2D eigenvalue weighted by molar-refractivity contribution is 0.531. The first-order chi connectivity index (χ1) is 12.3. The number of nitrogens with two attached hydrogens (primary N) is 1. The Hall–Kier alpha value is -0.820. The molecule has 1 aromatic carbocycles. The number of benzene rings is 1. The average molecular weight is 346 g/mol. The standard InChI is InChI=1S/C24H43N/c1-23-18-20-24(21-19-23)17-15-13-11-9-7-5-3-2-4-6-8-10-12-14-16-22-25/h18-21H,2-17,22,25H2,1H3. The molecule has 0 unspecified atom stereocenters. The Kier molecular flexibility index (Phi) is 14.8. The van der Waals surface area contributed by atoms with Gasteiger partial charge in [0.2, 0.25) is 0 Å². The Labute approximate surface area is 157 Å². The van der Waals surface area contributed by atoms with E-state index >= 15 is 0 Å². The zero-order valence-corrected chi connectivity index (χ0v) is 16.9. The van der Waals surface area contributed by atoms with Crippen LogP contribution in [0.25, 0.3) is 0 Å². The highest BCUT2D eigenvalue weighted by Gasteiger charge is 1.96. The van der Waals surface area contributed by atoms with Crippen molar-refractivity contribution in [2.45, 2.75) is 110 Å². The summed E-state index contributed by atoms with van der Waals surface area (Å²) in [6.45, 7) is 3.03. The molecule has 25 heavy (non-hydrogen) atoms. The van der Waals surface area contributed by atoms with Gasteiger partial charge in [-0.05, 0) is 38.3 Å². The Morgan fingerprint density at radius 3 is 1.28 bits per heavy atom. The summed E-state index contributed by atoms with van der Waals surface area (Å²) in [5, 5.41) is 0. The maximum absolute atomic E-state index is 5.51. The van der Waals surface area contributed by atoms with Crippen LogP contribution in [0.3, 0.4) is 0 Å². The zero-order valence-electron chi connectivity index (χ0n) is 16.9. The number of hydrogen-bond acceptors (Lipinski definition) is 1. The van der Waals surface area contributed by atoms with Crippen molar-refractivity contribution in [2.75, 3.05) is 6.54 Å². The molecule has 0 saturated carbocycles. The molecular weight excluding hydrogens is 302 g/mol. The van der Waals surface area contributed by atoms with Gasteiger partial charge in [0.05, 0.1) is 0 Å². The van der Waals surface area contributed by atoms with Crippen molar-refractivity contribution in [3.63, 3.8) is 0 Å². The smallest absolute Gasteiger partial charge is 0.00773 e. The van der Waals surface area contributed by atoms with E-state index in [4.69, 9.17) is 5.73 Å². The topological polar surface area (TPSA) is 26.0 Å². The highest BCUT2D eigenvalue weighted by atomic mass is 14.5. The molecule has 0 aliphatic heterocycles. The molecular formula is C24H43N. The van der Waals surface area contributed by atoms with Crippen molar-refractivity contribution in [2.24, 2.45) is 5.73 Å². The van der Waals surface area contributed by atoms with Crippen LogP contribution >= 0.6 is 0 Å². The molecule has 0 radical (unpaired) electrons. The van der Waals surface area contributed by atoms with Gasteiger partial charge in [0, 0.05) is 0 Å². The highest BCUT2D eigenvalue weighted by Crippen LogP contribution is 2.14. The quantitative estimate of drug-likeness (QED) is 0.293. The van der Waals surface area contributed by atoms with E-state index < -0.39 is 0 Å². The second-order valence-electron chi connectivity index (χ2n) is 7.83. The van der Waals surface area contributed by atoms with Crippen molar-refractivity contribution in [1.82, 2.24) is 0 Å². The van der Waals surface area contributed by atoms with Crippen LogP contribution < -0.4 is 5.73 Å². The third kappa shape index (κ3) is 14.1. The summed E-state index contributed by atoms with van der Waals surface area (Å²) in [5.41, 5.74) is 8.38. The third-order valence-electron chi connectivity index (χ3n) is 5.29. The molecule has 2 N–H and O–H groups in total. The largest absolute Gasteiger partial charge is 0.330 e. The average Bonchev–Trinajstić information content (AvgIpc) is 2.63. The Morgan fingerprint density at radius 2 is 0.880 bits per heavy atom. The maximum Gasteiger partial charge on any atom is -0.00773 e. The molecule has 1 heteroatoms. The molecule has 144 valence electrons. The summed E-state index contributed by atoms with van der Waals surface area (Å²) in [4.78, 5) is 0. The van der Waals surface area contributed by atoms with Gasteiger partial charge < -0.3 is 5.73 Å². The van der Waals surface area contributed by atoms with Crippen LogP contribution in [0.15, 0.2) is 24.3 Å². The Bertz CT molecular complexity index is 382. The van der Waals surface area contributed by atoms with Gasteiger partial charge in [-0.25, -0.2) is 0 Å². The second kappa shape index (κ2) is 16.6. The van der Waals surface area contributed by atoms with Gasteiger partial charge in [-0.2, -0.15) is 0 Å². The minimum Gasteiger partial charge on any atom is -0.330 e. The first-order valence-electron chi connectivity index (χ1n) is 11.1. The summed E-state index contributed by atoms with van der Waals surface area (Å²) < 4.78 is 0. The minimum absolute atomic E-state index is 0.868. The molecule has 1 aromatic rings. The summed E-state index contributed by atoms with van der Waals surface area (Å²) in [6.07, 6.45) is 22.4. The molecule has 0 bridgehead atoms. The normalized spacial score (nSPS) is 11.1. The van der Waals surface area contributed by atoms with E-state index in [9.17, 15) is 0 Å². The van der Waals surface area contributed by atoms with Gasteiger partial charge in [0.1, 0.15) is 0 Å². The fraction of sp³-hybridized carbons (Fsp3) is 0.750. The first kappa shape index (κ1) is 22.2. The van der Waals surface area contributed by atoms with E-state index in [0.717, 1.165) is 6.54 Å². The lowest BCUT2D eigenvalue weighted by Crippen LogP contribution is -1.97. The van der Waals surface area contributed by atoms with Crippen molar-refractivity contribution in [3.05, 3.63) is 35.4 Å². The number of hydrogen-bond donors (Lipinski definition) is 1. The molecule has 0 heterocycles. The van der Waals surface area contributed by atoms with E-state index in [-0.39, 0.29) is 0 Å². The molecule has 0 spiro atoms. The highest BCUT2D eigenvalue weighted by molar-refractivity contribution is 5.21. The maximum atomic E-state index is 5.51. The van der Waals surface area contributed by atoms with Crippen molar-refractivity contribution < 1.29 is 0 Å². The van der Waals surface area contributed by atoms with Crippen LogP contribution in [0.5, 0.6) is 0 Å². The summed E-state index contributed by atoms with van der Waals surface area (Å²) >= 11 is 0. The van der Waals surface area contributed by atoms with Crippen LogP contribution in [0.4, 0.5) is 0 Å². The third-order valence-corrected chi connectivity index (χ3v) is 5.29. The first-order valence-corrected chi connectivity index (χ1v) is 11.1. The molecule has 0 atom stereocenters. The second-order valence-corrected chi connectivity index (χ2v) is 7.83. The van der Waals surface area contributed by atoms with Crippen molar-refractivity contribution >= 4 is 0 Å². The molecule has 0 fully saturated rings. The van der Waals surface area contributed by atoms with Gasteiger partial charge in [0.25, 0.3) is 0 Å². The lowest BCUT2D eigenvalue weighted by atomic mass is 10.0. The summed E-state index contributed by atoms with van der Waals surface area (Å²) in [5.74, 6) is 0. The fourth-order valence-corrected chi connectivity index (χ4v) is 3.53. The van der Waals surface area contributed by atoms with Crippen LogP contribution in [0.2, 0.25) is 0 Å². The molecule has 0 amide bonds. The van der Waals surface area contributed by atoms with Gasteiger partial charge in [0.15, 0.2) is 0 Å². The minimum atomic E-state index is 0.868. The summed E-state index contributed by atoms with van der Waals surface area (Å²) in [7, 11) is 0. The fourth-order valence-electron chi connectivity index (χ4n) is 3.53. The lowest BCUT2D eigenvalue weighted by Gasteiger charge is -2.04. The zero-order chi connectivity index (χ0) is 18.0. The van der Waals surface area contributed by atoms with Gasteiger partial charge in [-0.3, -0.25) is 0 Å². The molecule has 0 aliphatic carbocycles. The van der Waals surface area contributed by atoms with Crippen molar-refractivity contribution in [3.8, 4) is 0 Å². The van der Waals surface area contributed by atoms with E-state index in [1.807, 2.05) is 0 Å². The van der Waals surface area contributed by atoms with Crippen molar-refractivity contribution in [1.29, 1.82) is 0 Å². The predicted octanol–water partition coefficient (Wildman–Crippen LogP) is 7.35. The monoisotopic (exact) mass is 345 g/mol. The molecule has 1 rings (SSSR count). The van der Waals surface area contributed by atoms with Crippen LogP contribution in [-0.4, -0.2) is 6.54 Å². The van der Waals surface area contributed by atoms with Crippen LogP contribution in [-0.2, 0) is 6.42 Å². The van der Waals surface area contributed by atoms with Gasteiger partial charge in [-0.15, -0.1) is 0 Å². The number of aryl methyl sites for hydroxylation is 2. The molecule has 1 nitrogen and oxygen atoms in total. The number of rotatable bonds is 17. The molecule has 0 aromatic heterocycles.